The first-order chi connectivity index (χ1) is 12.4. The minimum Gasteiger partial charge on any atom is -0.347 e. The van der Waals surface area contributed by atoms with Crippen LogP contribution in [0.15, 0.2) is 67.0 Å². The van der Waals surface area contributed by atoms with E-state index in [1.165, 1.54) is 0 Å². The monoisotopic (exact) mass is 348 g/mol. The summed E-state index contributed by atoms with van der Waals surface area (Å²) in [7, 11) is 0. The summed E-state index contributed by atoms with van der Waals surface area (Å²) in [4.78, 5) is 16.9. The maximum Gasteiger partial charge on any atom is 0.242 e. The first-order valence-corrected chi connectivity index (χ1v) is 8.72. The van der Waals surface area contributed by atoms with Crippen molar-refractivity contribution in [1.82, 2.24) is 20.1 Å². The van der Waals surface area contributed by atoms with Crippen molar-refractivity contribution in [3.05, 3.63) is 72.6 Å². The van der Waals surface area contributed by atoms with Gasteiger partial charge in [0.25, 0.3) is 0 Å². The zero-order chi connectivity index (χ0) is 18.6. The number of nitrogens with one attached hydrogen (secondary N) is 1. The molecule has 5 heteroatoms. The number of aromatic nitrogens is 3. The Morgan fingerprint density at radius 2 is 1.65 bits per heavy atom. The SMILES string of the molecule is CC(C)(C)[C@H](NC(=O)Cn1cnc(-c2ccccc2)n1)c1ccccc1. The van der Waals surface area contributed by atoms with E-state index in [0.717, 1.165) is 11.1 Å². The van der Waals surface area contributed by atoms with Gasteiger partial charge in [-0.05, 0) is 11.0 Å². The number of carbonyl (C=O) groups is 1. The number of carbonyl (C=O) groups excluding carboxylic acids is 1. The molecule has 0 saturated carbocycles. The van der Waals surface area contributed by atoms with Gasteiger partial charge < -0.3 is 5.32 Å². The molecule has 0 fully saturated rings. The van der Waals surface area contributed by atoms with Crippen LogP contribution in [0.3, 0.4) is 0 Å². The molecule has 0 bridgehead atoms. The molecule has 3 rings (SSSR count). The Morgan fingerprint density at radius 1 is 1.04 bits per heavy atom. The third-order valence-corrected chi connectivity index (χ3v) is 4.18. The normalized spacial score (nSPS) is 12.6. The van der Waals surface area contributed by atoms with Crippen LogP contribution >= 0.6 is 0 Å². The second-order valence-electron chi connectivity index (χ2n) is 7.41. The van der Waals surface area contributed by atoms with E-state index in [4.69, 9.17) is 0 Å². The molecule has 0 aliphatic carbocycles. The molecular weight excluding hydrogens is 324 g/mol. The molecule has 134 valence electrons. The molecule has 2 aromatic carbocycles. The molecule has 5 nitrogen and oxygen atoms in total. The van der Waals surface area contributed by atoms with Gasteiger partial charge in [0.15, 0.2) is 5.82 Å². The van der Waals surface area contributed by atoms with Crippen LogP contribution in [0.2, 0.25) is 0 Å². The van der Waals surface area contributed by atoms with Crippen LogP contribution in [0.25, 0.3) is 11.4 Å². The van der Waals surface area contributed by atoms with Crippen molar-refractivity contribution in [2.75, 3.05) is 0 Å². The lowest BCUT2D eigenvalue weighted by Crippen LogP contribution is -2.38. The predicted octanol–water partition coefficient (Wildman–Crippen LogP) is 3.85. The molecule has 1 heterocycles. The Balaban J connectivity index is 1.71. The third-order valence-electron chi connectivity index (χ3n) is 4.18. The number of nitrogens with zero attached hydrogens (tertiary/aromatic N) is 3. The second-order valence-corrected chi connectivity index (χ2v) is 7.41. The highest BCUT2D eigenvalue weighted by atomic mass is 16.2. The van der Waals surface area contributed by atoms with E-state index in [2.05, 4.69) is 36.2 Å². The molecule has 0 saturated heterocycles. The highest BCUT2D eigenvalue weighted by Crippen LogP contribution is 2.32. The lowest BCUT2D eigenvalue weighted by molar-refractivity contribution is -0.123. The average Bonchev–Trinajstić information content (AvgIpc) is 3.09. The Hall–Kier alpha value is -2.95. The fourth-order valence-corrected chi connectivity index (χ4v) is 2.89. The number of hydrogen-bond donors (Lipinski definition) is 1. The largest absolute Gasteiger partial charge is 0.347 e. The molecule has 0 radical (unpaired) electrons. The van der Waals surface area contributed by atoms with E-state index in [9.17, 15) is 4.79 Å². The first kappa shape index (κ1) is 17.9. The smallest absolute Gasteiger partial charge is 0.242 e. The molecule has 0 unspecified atom stereocenters. The topological polar surface area (TPSA) is 59.8 Å². The van der Waals surface area contributed by atoms with Crippen LogP contribution in [-0.4, -0.2) is 20.7 Å². The second kappa shape index (κ2) is 7.52. The summed E-state index contributed by atoms with van der Waals surface area (Å²) in [6, 6.07) is 19.7. The fourth-order valence-electron chi connectivity index (χ4n) is 2.89. The number of amides is 1. The van der Waals surface area contributed by atoms with Gasteiger partial charge in [-0.3, -0.25) is 4.79 Å². The molecule has 0 aliphatic heterocycles. The van der Waals surface area contributed by atoms with Gasteiger partial charge in [-0.15, -0.1) is 0 Å². The summed E-state index contributed by atoms with van der Waals surface area (Å²) in [6.07, 6.45) is 1.59. The van der Waals surface area contributed by atoms with Gasteiger partial charge >= 0.3 is 0 Å². The van der Waals surface area contributed by atoms with Gasteiger partial charge in [0.05, 0.1) is 6.04 Å². The number of hydrogen-bond acceptors (Lipinski definition) is 3. The highest BCUT2D eigenvalue weighted by Gasteiger charge is 2.27. The quantitative estimate of drug-likeness (QED) is 0.762. The van der Waals surface area contributed by atoms with Crippen LogP contribution in [0.5, 0.6) is 0 Å². The van der Waals surface area contributed by atoms with E-state index >= 15 is 0 Å². The number of rotatable bonds is 5. The molecule has 0 aliphatic rings. The van der Waals surface area contributed by atoms with Crippen molar-refractivity contribution in [1.29, 1.82) is 0 Å². The maximum atomic E-state index is 12.6. The molecule has 1 N–H and O–H groups in total. The predicted molar refractivity (Wildman–Crippen MR) is 102 cm³/mol. The van der Waals surface area contributed by atoms with E-state index in [-0.39, 0.29) is 23.9 Å². The summed E-state index contributed by atoms with van der Waals surface area (Å²) in [5.41, 5.74) is 1.93. The molecule has 3 aromatic rings. The van der Waals surface area contributed by atoms with Gasteiger partial charge in [0, 0.05) is 5.56 Å². The lowest BCUT2D eigenvalue weighted by Gasteiger charge is -2.32. The van der Waals surface area contributed by atoms with Crippen LogP contribution in [-0.2, 0) is 11.3 Å². The molecular formula is C21H24N4O. The van der Waals surface area contributed by atoms with Crippen molar-refractivity contribution in [3.63, 3.8) is 0 Å². The Bertz CT molecular complexity index is 850. The standard InChI is InChI=1S/C21H24N4O/c1-21(2,3)19(16-10-6-4-7-11-16)23-18(26)14-25-15-22-20(24-25)17-12-8-5-9-13-17/h4-13,15,19H,14H2,1-3H3,(H,23,26)/t19-/m1/s1. The Labute approximate surface area is 154 Å². The Morgan fingerprint density at radius 3 is 2.27 bits per heavy atom. The summed E-state index contributed by atoms with van der Waals surface area (Å²) >= 11 is 0. The van der Waals surface area contributed by atoms with Crippen LogP contribution in [0.1, 0.15) is 32.4 Å². The zero-order valence-electron chi connectivity index (χ0n) is 15.4. The van der Waals surface area contributed by atoms with E-state index in [1.807, 2.05) is 60.7 Å². The Kier molecular flexibility index (Phi) is 5.16. The maximum absolute atomic E-state index is 12.6. The minimum absolute atomic E-state index is 0.0756. The van der Waals surface area contributed by atoms with Crippen LogP contribution in [0, 0.1) is 5.41 Å². The lowest BCUT2D eigenvalue weighted by atomic mass is 9.82. The van der Waals surface area contributed by atoms with Gasteiger partial charge in [-0.2, -0.15) is 5.10 Å². The van der Waals surface area contributed by atoms with E-state index in [0.29, 0.717) is 5.82 Å². The van der Waals surface area contributed by atoms with Gasteiger partial charge in [-0.1, -0.05) is 81.4 Å². The molecule has 1 amide bonds. The first-order valence-electron chi connectivity index (χ1n) is 8.72. The summed E-state index contributed by atoms with van der Waals surface area (Å²) < 4.78 is 1.57. The van der Waals surface area contributed by atoms with E-state index < -0.39 is 0 Å². The van der Waals surface area contributed by atoms with Crippen LogP contribution < -0.4 is 5.32 Å². The fraction of sp³-hybridized carbons (Fsp3) is 0.286. The molecule has 26 heavy (non-hydrogen) atoms. The third kappa shape index (κ3) is 4.36. The van der Waals surface area contributed by atoms with Crippen molar-refractivity contribution >= 4 is 5.91 Å². The summed E-state index contributed by atoms with van der Waals surface area (Å²) in [6.45, 7) is 6.50. The van der Waals surface area contributed by atoms with Gasteiger partial charge in [0.1, 0.15) is 12.9 Å². The van der Waals surface area contributed by atoms with Crippen molar-refractivity contribution in [3.8, 4) is 11.4 Å². The molecule has 1 aromatic heterocycles. The average molecular weight is 348 g/mol. The summed E-state index contributed by atoms with van der Waals surface area (Å²) in [5, 5.41) is 7.55. The summed E-state index contributed by atoms with van der Waals surface area (Å²) in [5.74, 6) is 0.534. The van der Waals surface area contributed by atoms with Crippen molar-refractivity contribution < 1.29 is 4.79 Å². The molecule has 1 atom stereocenters. The van der Waals surface area contributed by atoms with E-state index in [1.54, 1.807) is 11.0 Å². The highest BCUT2D eigenvalue weighted by molar-refractivity contribution is 5.76. The molecule has 0 spiro atoms. The van der Waals surface area contributed by atoms with Crippen molar-refractivity contribution in [2.24, 2.45) is 5.41 Å². The minimum atomic E-state index is -0.103. The number of benzene rings is 2. The van der Waals surface area contributed by atoms with Gasteiger partial charge in [-0.25, -0.2) is 9.67 Å². The van der Waals surface area contributed by atoms with Crippen molar-refractivity contribution in [2.45, 2.75) is 33.4 Å². The van der Waals surface area contributed by atoms with Crippen LogP contribution in [0.4, 0.5) is 0 Å². The van der Waals surface area contributed by atoms with Gasteiger partial charge in [0.2, 0.25) is 5.91 Å². The zero-order valence-corrected chi connectivity index (χ0v) is 15.4.